The number of ketones is 1. The smallest absolute Gasteiger partial charge is 0.334 e. The van der Waals surface area contributed by atoms with E-state index in [2.05, 4.69) is 10.0 Å². The molecule has 0 aromatic rings. The van der Waals surface area contributed by atoms with Gasteiger partial charge in [-0.25, -0.2) is 4.79 Å². The van der Waals surface area contributed by atoms with Crippen LogP contribution in [0.2, 0.25) is 0 Å². The molecule has 11 atom stereocenters. The van der Waals surface area contributed by atoms with E-state index in [-0.39, 0.29) is 56.5 Å². The second kappa shape index (κ2) is 9.01. The van der Waals surface area contributed by atoms with Crippen LogP contribution in [0.15, 0.2) is 16.3 Å². The Hall–Kier alpha value is -2.50. The molecule has 6 aliphatic rings. The predicted octanol–water partition coefficient (Wildman–Crippen LogP) is 2.81. The molecular weight excluding hydrogens is 546 g/mol. The van der Waals surface area contributed by atoms with Crippen LogP contribution in [0.5, 0.6) is 0 Å². The average Bonchev–Trinajstić information content (AvgIpc) is 3.56. The lowest BCUT2D eigenvalue weighted by molar-refractivity contribution is -0.297. The summed E-state index contributed by atoms with van der Waals surface area (Å²) < 4.78 is 17.5. The molecule has 1 spiro atoms. The number of azide groups is 1. The summed E-state index contributed by atoms with van der Waals surface area (Å²) in [6.07, 6.45) is 0.322. The highest BCUT2D eigenvalue weighted by Gasteiger charge is 2.84. The summed E-state index contributed by atoms with van der Waals surface area (Å²) in [5.41, 5.74) is 1.35. The highest BCUT2D eigenvalue weighted by atomic mass is 16.6. The molecule has 0 aromatic carbocycles. The van der Waals surface area contributed by atoms with Gasteiger partial charge in [-0.05, 0) is 83.6 Å². The first kappa shape index (κ1) is 29.6. The number of cyclic esters (lactones) is 1. The van der Waals surface area contributed by atoms with Crippen LogP contribution in [-0.2, 0) is 28.6 Å². The van der Waals surface area contributed by atoms with Gasteiger partial charge in [0.2, 0.25) is 0 Å². The molecule has 0 bridgehead atoms. The molecule has 0 radical (unpaired) electrons. The maximum atomic E-state index is 13.8. The Balaban J connectivity index is 1.42. The van der Waals surface area contributed by atoms with Gasteiger partial charge < -0.3 is 29.5 Å². The third-order valence-corrected chi connectivity index (χ3v) is 12.8. The number of hydrogen-bond acceptors (Lipinski definition) is 10. The SMILES string of the molecule is CC(=O)OC[C@]12CC[C@H]3[C@@H](C[C@H]4O[C@]45C[C@@H](N=[N+]=[N-])CC(=O)[C@]35C)[C@]1(O)CC[C@@]2(O)[C@@](C)(O)[C@H]1CC(C)=C(C)C(=O)O1. The number of rotatable bonds is 5. The van der Waals surface area contributed by atoms with Crippen molar-refractivity contribution in [2.75, 3.05) is 6.61 Å². The summed E-state index contributed by atoms with van der Waals surface area (Å²) in [4.78, 5) is 41.6. The molecule has 4 aliphatic carbocycles. The second-order valence-electron chi connectivity index (χ2n) is 14.2. The van der Waals surface area contributed by atoms with Gasteiger partial charge in [0, 0.05) is 36.3 Å². The minimum Gasteiger partial charge on any atom is -0.465 e. The Morgan fingerprint density at radius 2 is 1.90 bits per heavy atom. The molecule has 2 heterocycles. The number of esters is 2. The van der Waals surface area contributed by atoms with E-state index < -0.39 is 63.2 Å². The van der Waals surface area contributed by atoms with Gasteiger partial charge in [-0.1, -0.05) is 10.7 Å². The lowest BCUT2D eigenvalue weighted by Crippen LogP contribution is -2.75. The Morgan fingerprint density at radius 1 is 1.19 bits per heavy atom. The van der Waals surface area contributed by atoms with Crippen molar-refractivity contribution >= 4 is 17.7 Å². The van der Waals surface area contributed by atoms with Crippen LogP contribution in [0.25, 0.3) is 10.4 Å². The molecule has 6 rings (SSSR count). The molecule has 4 saturated carbocycles. The first-order valence-electron chi connectivity index (χ1n) is 15.0. The monoisotopic (exact) mass is 587 g/mol. The third-order valence-electron chi connectivity index (χ3n) is 12.8. The number of Topliss-reactive ketones (excluding diaryl/α,β-unsaturated/α-hetero) is 1. The zero-order chi connectivity index (χ0) is 30.7. The van der Waals surface area contributed by atoms with E-state index in [1.807, 2.05) is 6.92 Å². The zero-order valence-corrected chi connectivity index (χ0v) is 24.9. The van der Waals surface area contributed by atoms with Crippen LogP contribution in [0.3, 0.4) is 0 Å². The highest BCUT2D eigenvalue weighted by molar-refractivity contribution is 5.90. The maximum Gasteiger partial charge on any atom is 0.334 e. The number of carbonyl (C=O) groups excluding carboxylic acids is 3. The van der Waals surface area contributed by atoms with Crippen LogP contribution >= 0.6 is 0 Å². The van der Waals surface area contributed by atoms with Crippen LogP contribution in [0.1, 0.15) is 86.0 Å². The number of fused-ring (bicyclic) bond motifs is 4. The van der Waals surface area contributed by atoms with Crippen molar-refractivity contribution < 1.29 is 43.9 Å². The third kappa shape index (κ3) is 3.38. The van der Waals surface area contributed by atoms with E-state index in [9.17, 15) is 29.7 Å². The summed E-state index contributed by atoms with van der Waals surface area (Å²) in [5, 5.41) is 41.6. The maximum absolute atomic E-state index is 13.8. The van der Waals surface area contributed by atoms with Crippen molar-refractivity contribution in [3.8, 4) is 0 Å². The second-order valence-corrected chi connectivity index (χ2v) is 14.2. The number of hydrogen-bond donors (Lipinski definition) is 3. The lowest BCUT2D eigenvalue weighted by Gasteiger charge is -2.64. The molecule has 1 saturated heterocycles. The van der Waals surface area contributed by atoms with Crippen molar-refractivity contribution in [1.82, 2.24) is 0 Å². The molecule has 5 fully saturated rings. The van der Waals surface area contributed by atoms with E-state index in [0.29, 0.717) is 24.8 Å². The van der Waals surface area contributed by atoms with Gasteiger partial charge >= 0.3 is 11.9 Å². The molecule has 2 aliphatic heterocycles. The van der Waals surface area contributed by atoms with Crippen molar-refractivity contribution in [2.45, 2.75) is 127 Å². The van der Waals surface area contributed by atoms with Crippen LogP contribution in [0, 0.1) is 22.7 Å². The summed E-state index contributed by atoms with van der Waals surface area (Å²) in [5.74, 6) is -2.04. The quantitative estimate of drug-likeness (QED) is 0.143. The van der Waals surface area contributed by atoms with Crippen LogP contribution in [0.4, 0.5) is 0 Å². The highest BCUT2D eigenvalue weighted by Crippen LogP contribution is 2.75. The fourth-order valence-corrected chi connectivity index (χ4v) is 10.2. The van der Waals surface area contributed by atoms with Crippen LogP contribution < -0.4 is 0 Å². The fraction of sp³-hybridized carbons (Fsp3) is 0.833. The largest absolute Gasteiger partial charge is 0.465 e. The van der Waals surface area contributed by atoms with Crippen molar-refractivity contribution in [1.29, 1.82) is 0 Å². The van der Waals surface area contributed by atoms with Gasteiger partial charge in [0.1, 0.15) is 35.3 Å². The molecule has 0 unspecified atom stereocenters. The van der Waals surface area contributed by atoms with Gasteiger partial charge in [-0.3, -0.25) is 9.59 Å². The van der Waals surface area contributed by atoms with Crippen molar-refractivity contribution in [3.63, 3.8) is 0 Å². The zero-order valence-electron chi connectivity index (χ0n) is 24.9. The van der Waals surface area contributed by atoms with Crippen LogP contribution in [-0.4, -0.2) is 80.3 Å². The number of ether oxygens (including phenoxy) is 3. The molecule has 42 heavy (non-hydrogen) atoms. The fourth-order valence-electron chi connectivity index (χ4n) is 10.2. The van der Waals surface area contributed by atoms with Gasteiger partial charge in [-0.2, -0.15) is 0 Å². The Morgan fingerprint density at radius 3 is 2.55 bits per heavy atom. The molecule has 230 valence electrons. The summed E-state index contributed by atoms with van der Waals surface area (Å²) >= 11 is 0. The number of epoxide rings is 1. The topological polar surface area (TPSA) is 192 Å². The summed E-state index contributed by atoms with van der Waals surface area (Å²) in [7, 11) is 0. The Bertz CT molecular complexity index is 1340. The average molecular weight is 588 g/mol. The number of carbonyl (C=O) groups is 3. The minimum atomic E-state index is -2.01. The van der Waals surface area contributed by atoms with E-state index in [4.69, 9.17) is 19.7 Å². The molecular formula is C30H41N3O9. The Labute approximate surface area is 244 Å². The normalized spacial score (nSPS) is 48.9. The first-order valence-corrected chi connectivity index (χ1v) is 15.0. The van der Waals surface area contributed by atoms with Gasteiger partial charge in [0.15, 0.2) is 0 Å². The molecule has 3 N–H and O–H groups in total. The number of aliphatic hydroxyl groups is 3. The van der Waals surface area contributed by atoms with E-state index in [1.165, 1.54) is 13.8 Å². The first-order chi connectivity index (χ1) is 19.5. The van der Waals surface area contributed by atoms with Gasteiger partial charge in [0.25, 0.3) is 0 Å². The van der Waals surface area contributed by atoms with E-state index in [0.717, 1.165) is 5.57 Å². The standard InChI is InChI=1S/C30H41N3O9/c1-15-10-22(41-24(36)16(15)2)26(5,37)30(39)9-8-28(38)20-12-23-29(42-23)13-18(32-33-31)11-21(35)25(29,4)19(20)6-7-27(28,30)14-40-17(3)34/h18-20,22-23,37-39H,6-14H2,1-5H3/t18-,19-,20+,22+,23+,25-,26-,27+,28+,29+,30+/m0/s1. The van der Waals surface area contributed by atoms with Crippen molar-refractivity contribution in [2.24, 2.45) is 27.8 Å². The van der Waals surface area contributed by atoms with Crippen molar-refractivity contribution in [3.05, 3.63) is 21.6 Å². The summed E-state index contributed by atoms with van der Waals surface area (Å²) in [6.45, 7) is 7.68. The predicted molar refractivity (Wildman–Crippen MR) is 145 cm³/mol. The molecule has 12 heteroatoms. The summed E-state index contributed by atoms with van der Waals surface area (Å²) in [6, 6.07) is -0.488. The van der Waals surface area contributed by atoms with Gasteiger partial charge in [0.05, 0.1) is 22.5 Å². The van der Waals surface area contributed by atoms with E-state index in [1.54, 1.807) is 13.8 Å². The molecule has 12 nitrogen and oxygen atoms in total. The van der Waals surface area contributed by atoms with E-state index >= 15 is 0 Å². The Kier molecular flexibility index (Phi) is 6.35. The lowest BCUT2D eigenvalue weighted by atomic mass is 9.41. The van der Waals surface area contributed by atoms with Gasteiger partial charge in [-0.15, -0.1) is 0 Å². The number of nitrogens with zero attached hydrogens (tertiary/aromatic N) is 3. The molecule has 0 amide bonds. The minimum absolute atomic E-state index is 0.0307. The molecule has 0 aromatic heterocycles.